The molecule has 2 rings (SSSR count). The van der Waals surface area contributed by atoms with Crippen LogP contribution in [-0.2, 0) is 9.59 Å². The van der Waals surface area contributed by atoms with Crippen molar-refractivity contribution in [1.82, 2.24) is 5.32 Å². The molecule has 1 aromatic rings. The maximum absolute atomic E-state index is 12.6. The Bertz CT molecular complexity index is 680. The maximum Gasteiger partial charge on any atom is 0.257 e. The zero-order valence-corrected chi connectivity index (χ0v) is 16.3. The van der Waals surface area contributed by atoms with Gasteiger partial charge in [-0.25, -0.2) is 0 Å². The Balaban J connectivity index is 2.23. The highest BCUT2D eigenvalue weighted by Gasteiger charge is 2.27. The Morgan fingerprint density at radius 2 is 1.71 bits per heavy atom. The van der Waals surface area contributed by atoms with Crippen molar-refractivity contribution in [2.75, 3.05) is 11.5 Å². The molecule has 0 bridgehead atoms. The smallest absolute Gasteiger partial charge is 0.257 e. The van der Waals surface area contributed by atoms with Gasteiger partial charge in [0.05, 0.1) is 4.24 Å². The van der Waals surface area contributed by atoms with E-state index in [1.54, 1.807) is 41.7 Å². The third kappa shape index (κ3) is 5.72. The Morgan fingerprint density at radius 1 is 1.12 bits per heavy atom. The summed E-state index contributed by atoms with van der Waals surface area (Å²) < 4.78 is 0.808. The maximum atomic E-state index is 12.6. The van der Waals surface area contributed by atoms with E-state index in [0.717, 1.165) is 21.3 Å². The van der Waals surface area contributed by atoms with Crippen LogP contribution in [0.5, 0.6) is 0 Å². The number of benzene rings is 1. The lowest BCUT2D eigenvalue weighted by Gasteiger charge is -2.21. The van der Waals surface area contributed by atoms with Gasteiger partial charge in [-0.15, -0.1) is 23.5 Å². The summed E-state index contributed by atoms with van der Waals surface area (Å²) >= 11 is 8.99. The molecule has 1 aliphatic heterocycles. The van der Waals surface area contributed by atoms with Crippen LogP contribution in [0.15, 0.2) is 40.2 Å². The van der Waals surface area contributed by atoms with Gasteiger partial charge >= 0.3 is 0 Å². The second-order valence-corrected chi connectivity index (χ2v) is 9.22. The monoisotopic (exact) mass is 381 g/mol. The first-order valence-electron chi connectivity index (χ1n) is 7.56. The predicted octanol–water partition coefficient (Wildman–Crippen LogP) is 4.53. The summed E-state index contributed by atoms with van der Waals surface area (Å²) in [6, 6.07) is 7.18. The third-order valence-electron chi connectivity index (χ3n) is 3.01. The van der Waals surface area contributed by atoms with Gasteiger partial charge in [0.1, 0.15) is 5.57 Å². The lowest BCUT2D eigenvalue weighted by Crippen LogP contribution is -2.42. The van der Waals surface area contributed by atoms with E-state index in [1.807, 2.05) is 32.9 Å². The van der Waals surface area contributed by atoms with E-state index >= 15 is 0 Å². The van der Waals surface area contributed by atoms with Crippen molar-refractivity contribution in [3.05, 3.63) is 50.7 Å². The average Bonchev–Trinajstić information content (AvgIpc) is 2.99. The fourth-order valence-corrected chi connectivity index (χ4v) is 4.66. The van der Waals surface area contributed by atoms with Crippen LogP contribution in [-0.4, -0.2) is 28.7 Å². The van der Waals surface area contributed by atoms with Gasteiger partial charge < -0.3 is 5.32 Å². The van der Waals surface area contributed by atoms with Gasteiger partial charge in [0.15, 0.2) is 5.78 Å². The first-order valence-corrected chi connectivity index (χ1v) is 9.91. The number of hydrogen-bond donors (Lipinski definition) is 1. The summed E-state index contributed by atoms with van der Waals surface area (Å²) in [6.07, 6.45) is 3.15. The van der Waals surface area contributed by atoms with Crippen molar-refractivity contribution in [3.8, 4) is 0 Å². The summed E-state index contributed by atoms with van der Waals surface area (Å²) in [5, 5.41) is 3.53. The van der Waals surface area contributed by atoms with Crippen LogP contribution in [0, 0.1) is 0 Å². The quantitative estimate of drug-likeness (QED) is 0.473. The molecule has 1 aliphatic rings. The number of ketones is 1. The van der Waals surface area contributed by atoms with Crippen LogP contribution in [0.3, 0.4) is 0 Å². The standard InChI is InChI=1S/C18H20ClNO2S2/c1-18(2,3)20-16(22)15(17-23-10-11-24-17)14(21)9-6-12-4-7-13(19)8-5-12/h4-9H,10-11H2,1-3H3,(H,20,22)/b9-6+. The summed E-state index contributed by atoms with van der Waals surface area (Å²) in [6.45, 7) is 5.70. The van der Waals surface area contributed by atoms with Gasteiger partial charge in [-0.2, -0.15) is 0 Å². The van der Waals surface area contributed by atoms with Gasteiger partial charge in [-0.3, -0.25) is 9.59 Å². The van der Waals surface area contributed by atoms with E-state index in [4.69, 9.17) is 11.6 Å². The summed E-state index contributed by atoms with van der Waals surface area (Å²) in [5.74, 6) is 1.25. The molecule has 0 atom stereocenters. The molecule has 0 unspecified atom stereocenters. The Morgan fingerprint density at radius 3 is 2.25 bits per heavy atom. The molecule has 0 spiro atoms. The SMILES string of the molecule is CC(C)(C)NC(=O)C(C(=O)/C=C/c1ccc(Cl)cc1)=C1SCCS1. The van der Waals surface area contributed by atoms with E-state index in [-0.39, 0.29) is 17.3 Å². The Labute approximate surface area is 156 Å². The summed E-state index contributed by atoms with van der Waals surface area (Å²) in [7, 11) is 0. The number of amides is 1. The molecule has 0 saturated carbocycles. The van der Waals surface area contributed by atoms with Crippen molar-refractivity contribution < 1.29 is 9.59 Å². The molecule has 0 radical (unpaired) electrons. The number of thioether (sulfide) groups is 2. The molecule has 0 aliphatic carbocycles. The van der Waals surface area contributed by atoms with E-state index in [2.05, 4.69) is 5.32 Å². The molecule has 1 N–H and O–H groups in total. The number of halogens is 1. The lowest BCUT2D eigenvalue weighted by molar-refractivity contribution is -0.121. The minimum absolute atomic E-state index is 0.239. The lowest BCUT2D eigenvalue weighted by atomic mass is 10.1. The molecule has 0 aromatic heterocycles. The van der Waals surface area contributed by atoms with Gasteiger partial charge in [-0.1, -0.05) is 29.8 Å². The highest BCUT2D eigenvalue weighted by atomic mass is 35.5. The van der Waals surface area contributed by atoms with Gasteiger partial charge in [0.25, 0.3) is 5.91 Å². The molecule has 1 amide bonds. The first-order chi connectivity index (χ1) is 11.3. The van der Waals surface area contributed by atoms with Crippen molar-refractivity contribution in [2.24, 2.45) is 0 Å². The van der Waals surface area contributed by atoms with Crippen molar-refractivity contribution in [3.63, 3.8) is 0 Å². The number of carbonyl (C=O) groups excluding carboxylic acids is 2. The number of nitrogens with one attached hydrogen (secondary N) is 1. The van der Waals surface area contributed by atoms with Crippen LogP contribution in [0.4, 0.5) is 0 Å². The van der Waals surface area contributed by atoms with Crippen LogP contribution in [0.2, 0.25) is 5.02 Å². The van der Waals surface area contributed by atoms with E-state index in [1.165, 1.54) is 6.08 Å². The predicted molar refractivity (Wildman–Crippen MR) is 105 cm³/mol. The van der Waals surface area contributed by atoms with Crippen LogP contribution >= 0.6 is 35.1 Å². The highest BCUT2D eigenvalue weighted by Crippen LogP contribution is 2.39. The minimum atomic E-state index is -0.392. The van der Waals surface area contributed by atoms with Crippen molar-refractivity contribution in [2.45, 2.75) is 26.3 Å². The summed E-state index contributed by atoms with van der Waals surface area (Å²) in [4.78, 5) is 25.2. The molecular weight excluding hydrogens is 362 g/mol. The second-order valence-electron chi connectivity index (χ2n) is 6.31. The number of rotatable bonds is 4. The van der Waals surface area contributed by atoms with Crippen LogP contribution < -0.4 is 5.32 Å². The fraction of sp³-hybridized carbons (Fsp3) is 0.333. The zero-order valence-electron chi connectivity index (χ0n) is 13.9. The number of hydrogen-bond acceptors (Lipinski definition) is 4. The van der Waals surface area contributed by atoms with E-state index in [0.29, 0.717) is 5.02 Å². The van der Waals surface area contributed by atoms with Crippen LogP contribution in [0.25, 0.3) is 6.08 Å². The molecule has 1 aromatic carbocycles. The second kappa shape index (κ2) is 8.28. The minimum Gasteiger partial charge on any atom is -0.347 e. The average molecular weight is 382 g/mol. The molecule has 24 heavy (non-hydrogen) atoms. The number of carbonyl (C=O) groups is 2. The van der Waals surface area contributed by atoms with Crippen molar-refractivity contribution in [1.29, 1.82) is 0 Å². The Hall–Kier alpha value is -1.17. The fourth-order valence-electron chi connectivity index (χ4n) is 1.99. The molecular formula is C18H20ClNO2S2. The highest BCUT2D eigenvalue weighted by molar-refractivity contribution is 8.25. The molecule has 6 heteroatoms. The van der Waals surface area contributed by atoms with Crippen LogP contribution in [0.1, 0.15) is 26.3 Å². The van der Waals surface area contributed by atoms with Gasteiger partial charge in [0, 0.05) is 22.1 Å². The van der Waals surface area contributed by atoms with E-state index in [9.17, 15) is 9.59 Å². The summed E-state index contributed by atoms with van der Waals surface area (Å²) in [5.41, 5.74) is 0.708. The largest absolute Gasteiger partial charge is 0.347 e. The van der Waals surface area contributed by atoms with Gasteiger partial charge in [-0.05, 0) is 44.5 Å². The topological polar surface area (TPSA) is 46.2 Å². The molecule has 1 fully saturated rings. The normalized spacial score (nSPS) is 14.9. The number of allylic oxidation sites excluding steroid dienone is 1. The molecule has 128 valence electrons. The third-order valence-corrected chi connectivity index (χ3v) is 5.98. The first kappa shape index (κ1) is 19.2. The van der Waals surface area contributed by atoms with Gasteiger partial charge in [0.2, 0.25) is 0 Å². The zero-order chi connectivity index (χ0) is 17.7. The molecule has 1 saturated heterocycles. The Kier molecular flexibility index (Phi) is 6.61. The molecule has 1 heterocycles. The van der Waals surface area contributed by atoms with E-state index < -0.39 is 5.54 Å². The molecule has 3 nitrogen and oxygen atoms in total. The van der Waals surface area contributed by atoms with Crippen molar-refractivity contribution >= 4 is 52.9 Å².